The Hall–Kier alpha value is -0.850. The second-order valence-electron chi connectivity index (χ2n) is 2.79. The van der Waals surface area contributed by atoms with Crippen LogP contribution in [0.3, 0.4) is 0 Å². The third-order valence-electron chi connectivity index (χ3n) is 1.91. The molecule has 1 aliphatic heterocycles. The number of nitrogens with zero attached hydrogens (tertiary/aromatic N) is 3. The molecular weight excluding hydrogens is 178 g/mol. The summed E-state index contributed by atoms with van der Waals surface area (Å²) in [6, 6.07) is 0. The highest BCUT2D eigenvalue weighted by molar-refractivity contribution is 4.85. The van der Waals surface area contributed by atoms with Gasteiger partial charge >= 0.3 is 0 Å². The van der Waals surface area contributed by atoms with Crippen molar-refractivity contribution >= 4 is 0 Å². The zero-order valence-corrected chi connectivity index (χ0v) is 6.82. The normalized spacial score (nSPS) is 38.7. The van der Waals surface area contributed by atoms with Crippen LogP contribution in [0.5, 0.6) is 0 Å². The predicted octanol–water partition coefficient (Wildman–Crippen LogP) is -0.874. The Morgan fingerprint density at radius 3 is 2.46 bits per heavy atom. The number of hydrogen-bond acceptors (Lipinski definition) is 5. The molecule has 74 valence electrons. The third kappa shape index (κ3) is 2.30. The molecule has 0 aromatic rings. The predicted molar refractivity (Wildman–Crippen MR) is 41.5 cm³/mol. The van der Waals surface area contributed by atoms with Crippen LogP contribution in [-0.4, -0.2) is 46.5 Å². The second kappa shape index (κ2) is 4.40. The van der Waals surface area contributed by atoms with Crippen molar-refractivity contribution < 1.29 is 20.1 Å². The fourth-order valence-corrected chi connectivity index (χ4v) is 1.20. The van der Waals surface area contributed by atoms with Gasteiger partial charge in [0.25, 0.3) is 0 Å². The number of aliphatic hydroxyl groups excluding tert-OH is 3. The first-order valence-electron chi connectivity index (χ1n) is 3.87. The van der Waals surface area contributed by atoms with Crippen LogP contribution >= 0.6 is 0 Å². The molecule has 1 saturated heterocycles. The average molecular weight is 189 g/mol. The lowest BCUT2D eigenvalue weighted by Gasteiger charge is -2.11. The SMILES string of the molecule is [N-]=[N+]=NCC[C@H]1O[C@@H](O)C(O)C1O. The molecule has 7 heteroatoms. The van der Waals surface area contributed by atoms with Gasteiger partial charge in [0.1, 0.15) is 12.2 Å². The molecule has 1 aliphatic rings. The molecule has 0 aromatic carbocycles. The first-order valence-corrected chi connectivity index (χ1v) is 3.87. The van der Waals surface area contributed by atoms with Crippen molar-refractivity contribution in [2.75, 3.05) is 6.54 Å². The van der Waals surface area contributed by atoms with Gasteiger partial charge in [0.15, 0.2) is 6.29 Å². The Morgan fingerprint density at radius 2 is 2.00 bits per heavy atom. The maximum absolute atomic E-state index is 9.26. The summed E-state index contributed by atoms with van der Waals surface area (Å²) in [7, 11) is 0. The molecule has 0 spiro atoms. The molecule has 1 heterocycles. The van der Waals surface area contributed by atoms with Crippen LogP contribution < -0.4 is 0 Å². The smallest absolute Gasteiger partial charge is 0.183 e. The molecule has 3 N–H and O–H groups in total. The van der Waals surface area contributed by atoms with Gasteiger partial charge in [-0.25, -0.2) is 0 Å². The fraction of sp³-hybridized carbons (Fsp3) is 1.00. The van der Waals surface area contributed by atoms with Crippen molar-refractivity contribution in [3.63, 3.8) is 0 Å². The highest BCUT2D eigenvalue weighted by Crippen LogP contribution is 2.21. The highest BCUT2D eigenvalue weighted by Gasteiger charge is 2.40. The van der Waals surface area contributed by atoms with Crippen LogP contribution in [-0.2, 0) is 4.74 Å². The summed E-state index contributed by atoms with van der Waals surface area (Å²) in [6.45, 7) is 0.164. The standard InChI is InChI=1S/C6H11N3O4/c7-9-8-2-1-3-4(10)5(11)6(12)13-3/h3-6,10-12H,1-2H2/t3-,4?,5?,6-/m1/s1. The van der Waals surface area contributed by atoms with Crippen LogP contribution in [0.4, 0.5) is 0 Å². The largest absolute Gasteiger partial charge is 0.387 e. The van der Waals surface area contributed by atoms with Crippen molar-refractivity contribution in [3.05, 3.63) is 10.4 Å². The summed E-state index contributed by atoms with van der Waals surface area (Å²) in [6.07, 6.45) is -4.15. The summed E-state index contributed by atoms with van der Waals surface area (Å²) in [5.41, 5.74) is 7.97. The third-order valence-corrected chi connectivity index (χ3v) is 1.91. The Bertz CT molecular complexity index is 218. The summed E-state index contributed by atoms with van der Waals surface area (Å²) in [5.74, 6) is 0. The minimum absolute atomic E-state index is 0.164. The van der Waals surface area contributed by atoms with Crippen molar-refractivity contribution in [1.82, 2.24) is 0 Å². The lowest BCUT2D eigenvalue weighted by Crippen LogP contribution is -2.32. The summed E-state index contributed by atoms with van der Waals surface area (Å²) in [4.78, 5) is 2.52. The van der Waals surface area contributed by atoms with Crippen molar-refractivity contribution in [1.29, 1.82) is 0 Å². The summed E-state index contributed by atoms with van der Waals surface area (Å²) >= 11 is 0. The van der Waals surface area contributed by atoms with Gasteiger partial charge in [0.05, 0.1) is 6.10 Å². The Labute approximate surface area is 74.2 Å². The molecular formula is C6H11N3O4. The minimum atomic E-state index is -1.36. The molecule has 0 aliphatic carbocycles. The Balaban J connectivity index is 2.39. The molecule has 0 bridgehead atoms. The number of aliphatic hydroxyl groups is 3. The zero-order chi connectivity index (χ0) is 9.84. The van der Waals surface area contributed by atoms with Crippen molar-refractivity contribution in [2.24, 2.45) is 5.11 Å². The quantitative estimate of drug-likeness (QED) is 0.303. The van der Waals surface area contributed by atoms with E-state index in [0.29, 0.717) is 0 Å². The number of hydrogen-bond donors (Lipinski definition) is 3. The van der Waals surface area contributed by atoms with E-state index in [4.69, 9.17) is 20.5 Å². The number of ether oxygens (including phenoxy) is 1. The van der Waals surface area contributed by atoms with Gasteiger partial charge in [-0.05, 0) is 12.0 Å². The molecule has 2 unspecified atom stereocenters. The molecule has 0 amide bonds. The first-order chi connectivity index (χ1) is 6.16. The summed E-state index contributed by atoms with van der Waals surface area (Å²) < 4.78 is 4.80. The van der Waals surface area contributed by atoms with E-state index < -0.39 is 24.6 Å². The zero-order valence-electron chi connectivity index (χ0n) is 6.82. The number of rotatable bonds is 3. The van der Waals surface area contributed by atoms with Crippen LogP contribution in [0.2, 0.25) is 0 Å². The van der Waals surface area contributed by atoms with Gasteiger partial charge in [-0.15, -0.1) is 0 Å². The van der Waals surface area contributed by atoms with Crippen LogP contribution in [0.15, 0.2) is 5.11 Å². The Morgan fingerprint density at radius 1 is 1.31 bits per heavy atom. The van der Waals surface area contributed by atoms with E-state index in [2.05, 4.69) is 10.0 Å². The number of azide groups is 1. The molecule has 13 heavy (non-hydrogen) atoms. The molecule has 0 radical (unpaired) electrons. The van der Waals surface area contributed by atoms with Crippen molar-refractivity contribution in [2.45, 2.75) is 31.0 Å². The van der Waals surface area contributed by atoms with E-state index in [1.807, 2.05) is 0 Å². The van der Waals surface area contributed by atoms with Crippen LogP contribution in [0.1, 0.15) is 6.42 Å². The first kappa shape index (κ1) is 10.2. The van der Waals surface area contributed by atoms with E-state index in [9.17, 15) is 5.11 Å². The van der Waals surface area contributed by atoms with E-state index in [0.717, 1.165) is 0 Å². The van der Waals surface area contributed by atoms with Crippen LogP contribution in [0, 0.1) is 0 Å². The minimum Gasteiger partial charge on any atom is -0.387 e. The molecule has 0 saturated carbocycles. The lowest BCUT2D eigenvalue weighted by molar-refractivity contribution is -0.127. The molecule has 0 aromatic heterocycles. The van der Waals surface area contributed by atoms with E-state index >= 15 is 0 Å². The van der Waals surface area contributed by atoms with E-state index in [-0.39, 0.29) is 13.0 Å². The van der Waals surface area contributed by atoms with Gasteiger partial charge < -0.3 is 20.1 Å². The maximum atomic E-state index is 9.26. The average Bonchev–Trinajstić information content (AvgIpc) is 2.34. The fourth-order valence-electron chi connectivity index (χ4n) is 1.20. The molecule has 1 rings (SSSR count). The van der Waals surface area contributed by atoms with E-state index in [1.54, 1.807) is 0 Å². The van der Waals surface area contributed by atoms with E-state index in [1.165, 1.54) is 0 Å². The highest BCUT2D eigenvalue weighted by atomic mass is 16.6. The van der Waals surface area contributed by atoms with Gasteiger partial charge in [0.2, 0.25) is 0 Å². The van der Waals surface area contributed by atoms with Crippen molar-refractivity contribution in [3.8, 4) is 0 Å². The topological polar surface area (TPSA) is 119 Å². The lowest BCUT2D eigenvalue weighted by atomic mass is 10.1. The maximum Gasteiger partial charge on any atom is 0.183 e. The van der Waals surface area contributed by atoms with Gasteiger partial charge in [0, 0.05) is 11.5 Å². The van der Waals surface area contributed by atoms with Crippen LogP contribution in [0.25, 0.3) is 10.4 Å². The molecule has 1 fully saturated rings. The molecule has 7 nitrogen and oxygen atoms in total. The Kier molecular flexibility index (Phi) is 3.47. The monoisotopic (exact) mass is 189 g/mol. The van der Waals surface area contributed by atoms with Gasteiger partial charge in [-0.3, -0.25) is 0 Å². The van der Waals surface area contributed by atoms with Gasteiger partial charge in [-0.2, -0.15) is 0 Å². The van der Waals surface area contributed by atoms with Gasteiger partial charge in [-0.1, -0.05) is 5.11 Å². The second-order valence-corrected chi connectivity index (χ2v) is 2.79. The molecule has 4 atom stereocenters. The summed E-state index contributed by atoms with van der Waals surface area (Å²) in [5, 5.41) is 30.5.